The molecule has 0 fully saturated rings. The molecule has 4 heteroatoms. The number of anilines is 6. The smallest absolute Gasteiger partial charge is 0.252 e. The van der Waals surface area contributed by atoms with Gasteiger partial charge in [0, 0.05) is 44.9 Å². The number of benzene rings is 7. The van der Waals surface area contributed by atoms with Gasteiger partial charge in [-0.25, -0.2) is 0 Å². The minimum atomic E-state index is -0.0121. The molecule has 0 N–H and O–H groups in total. The molecule has 0 bridgehead atoms. The van der Waals surface area contributed by atoms with Gasteiger partial charge in [-0.1, -0.05) is 141 Å². The SMILES string of the molecule is Cc1cc2c3c(c1)N(c1ccc(C(C)(C)C)cc1)c1ccc(C(C)(C)C)cc1B3c1cc(C(C)(C)C)ccc1N2c1ccc(-c2cccc3oc4ccccc4c23)cc1. The summed E-state index contributed by atoms with van der Waals surface area (Å²) in [6.45, 7) is 23.2. The van der Waals surface area contributed by atoms with Crippen molar-refractivity contribution in [2.24, 2.45) is 0 Å². The molecular formula is C55H53BN2O. The average molecular weight is 769 g/mol. The minimum Gasteiger partial charge on any atom is -0.456 e. The van der Waals surface area contributed by atoms with E-state index in [1.165, 1.54) is 78.2 Å². The molecule has 2 aliphatic heterocycles. The zero-order valence-electron chi connectivity index (χ0n) is 36.2. The number of hydrogen-bond acceptors (Lipinski definition) is 3. The van der Waals surface area contributed by atoms with E-state index in [9.17, 15) is 0 Å². The van der Waals surface area contributed by atoms with Crippen molar-refractivity contribution >= 4 is 79.2 Å². The fourth-order valence-electron chi connectivity index (χ4n) is 9.55. The van der Waals surface area contributed by atoms with Crippen LogP contribution >= 0.6 is 0 Å². The quantitative estimate of drug-likeness (QED) is 0.167. The molecule has 8 aromatic rings. The molecule has 0 atom stereocenters. The summed E-state index contributed by atoms with van der Waals surface area (Å²) in [6, 6.07) is 52.6. The Bertz CT molecular complexity index is 2950. The van der Waals surface area contributed by atoms with Gasteiger partial charge in [0.1, 0.15) is 11.2 Å². The van der Waals surface area contributed by atoms with Crippen molar-refractivity contribution in [2.75, 3.05) is 9.80 Å². The molecule has 1 aromatic heterocycles. The van der Waals surface area contributed by atoms with Crippen LogP contribution in [0.1, 0.15) is 84.6 Å². The fourth-order valence-corrected chi connectivity index (χ4v) is 9.55. The number of aryl methyl sites for hydroxylation is 1. The zero-order chi connectivity index (χ0) is 41.2. The lowest BCUT2D eigenvalue weighted by molar-refractivity contribution is 0.590. The fraction of sp³-hybridized carbons (Fsp3) is 0.236. The highest BCUT2D eigenvalue weighted by atomic mass is 16.3. The molecule has 10 rings (SSSR count). The van der Waals surface area contributed by atoms with E-state index in [1.54, 1.807) is 0 Å². The third kappa shape index (κ3) is 6.02. The Labute approximate surface area is 350 Å². The third-order valence-electron chi connectivity index (χ3n) is 12.8. The lowest BCUT2D eigenvalue weighted by Gasteiger charge is -2.45. The minimum absolute atomic E-state index is 0.00376. The van der Waals surface area contributed by atoms with Gasteiger partial charge in [-0.15, -0.1) is 0 Å². The molecule has 3 heterocycles. The van der Waals surface area contributed by atoms with Crippen LogP contribution in [-0.2, 0) is 16.2 Å². The zero-order valence-corrected chi connectivity index (χ0v) is 36.2. The molecule has 0 saturated carbocycles. The van der Waals surface area contributed by atoms with Gasteiger partial charge in [0.2, 0.25) is 0 Å². The molecule has 292 valence electrons. The second-order valence-corrected chi connectivity index (χ2v) is 20.0. The summed E-state index contributed by atoms with van der Waals surface area (Å²) < 4.78 is 6.29. The highest BCUT2D eigenvalue weighted by Crippen LogP contribution is 2.46. The van der Waals surface area contributed by atoms with Gasteiger partial charge in [0.05, 0.1) is 0 Å². The van der Waals surface area contributed by atoms with Crippen molar-refractivity contribution in [1.29, 1.82) is 0 Å². The first-order chi connectivity index (χ1) is 28.1. The lowest BCUT2D eigenvalue weighted by Crippen LogP contribution is -2.61. The molecule has 0 radical (unpaired) electrons. The molecule has 0 aliphatic carbocycles. The van der Waals surface area contributed by atoms with Crippen LogP contribution < -0.4 is 26.2 Å². The number of fused-ring (bicyclic) bond motifs is 7. The van der Waals surface area contributed by atoms with Crippen LogP contribution in [0.4, 0.5) is 34.1 Å². The molecule has 0 unspecified atom stereocenters. The number of furan rings is 1. The van der Waals surface area contributed by atoms with E-state index < -0.39 is 0 Å². The average Bonchev–Trinajstić information content (AvgIpc) is 3.58. The van der Waals surface area contributed by atoms with Crippen molar-refractivity contribution in [3.8, 4) is 11.1 Å². The molecule has 59 heavy (non-hydrogen) atoms. The van der Waals surface area contributed by atoms with Crippen molar-refractivity contribution in [3.63, 3.8) is 0 Å². The Balaban J connectivity index is 1.22. The van der Waals surface area contributed by atoms with Gasteiger partial charge in [0.25, 0.3) is 6.71 Å². The van der Waals surface area contributed by atoms with Crippen molar-refractivity contribution < 1.29 is 4.42 Å². The van der Waals surface area contributed by atoms with E-state index in [-0.39, 0.29) is 23.0 Å². The van der Waals surface area contributed by atoms with Crippen molar-refractivity contribution in [1.82, 2.24) is 0 Å². The number of para-hydroxylation sites is 1. The molecule has 2 aliphatic rings. The summed E-state index contributed by atoms with van der Waals surface area (Å²) >= 11 is 0. The summed E-state index contributed by atoms with van der Waals surface area (Å²) in [5.41, 5.74) is 20.9. The Morgan fingerprint density at radius 3 is 1.49 bits per heavy atom. The molecule has 0 amide bonds. The first-order valence-electron chi connectivity index (χ1n) is 21.2. The summed E-state index contributed by atoms with van der Waals surface area (Å²) in [4.78, 5) is 5.06. The topological polar surface area (TPSA) is 19.6 Å². The second kappa shape index (κ2) is 13.0. The number of hydrogen-bond donors (Lipinski definition) is 0. The third-order valence-corrected chi connectivity index (χ3v) is 12.8. The molecule has 3 nitrogen and oxygen atoms in total. The molecule has 0 spiro atoms. The van der Waals surface area contributed by atoms with E-state index in [1.807, 2.05) is 6.07 Å². The predicted octanol–water partition coefficient (Wildman–Crippen LogP) is 13.5. The molecular weight excluding hydrogens is 715 g/mol. The van der Waals surface area contributed by atoms with E-state index in [4.69, 9.17) is 4.42 Å². The Morgan fingerprint density at radius 1 is 0.458 bits per heavy atom. The first kappa shape index (κ1) is 37.3. The van der Waals surface area contributed by atoms with Gasteiger partial charge in [-0.3, -0.25) is 0 Å². The number of nitrogens with zero attached hydrogens (tertiary/aromatic N) is 2. The maximum absolute atomic E-state index is 6.29. The normalized spacial score (nSPS) is 13.8. The maximum Gasteiger partial charge on any atom is 0.252 e. The standard InChI is InChI=1S/C55H53BN2O/c1-34-30-47-52-48(31-34)58(40-26-20-36(21-27-40)53(2,3)4)46-29-23-38(55(8,9)10)33-44(46)56(52)43-32-37(54(5,6)7)22-28-45(43)57(47)39-24-18-35(19-25-39)41-15-13-17-50-51(41)42-14-11-12-16-49(42)59-50/h11-33H,1-10H3. The Hall–Kier alpha value is -6.00. The van der Waals surface area contributed by atoms with Crippen LogP contribution in [0.15, 0.2) is 144 Å². The van der Waals surface area contributed by atoms with Gasteiger partial charge < -0.3 is 14.2 Å². The van der Waals surface area contributed by atoms with Crippen LogP contribution in [0.5, 0.6) is 0 Å². The van der Waals surface area contributed by atoms with Gasteiger partial charge in [0.15, 0.2) is 0 Å². The summed E-state index contributed by atoms with van der Waals surface area (Å²) in [5, 5.41) is 2.31. The van der Waals surface area contributed by atoms with Crippen LogP contribution in [0.3, 0.4) is 0 Å². The van der Waals surface area contributed by atoms with Crippen LogP contribution in [0.25, 0.3) is 33.1 Å². The number of rotatable bonds is 3. The van der Waals surface area contributed by atoms with E-state index in [0.29, 0.717) is 0 Å². The van der Waals surface area contributed by atoms with Crippen LogP contribution in [-0.4, -0.2) is 6.71 Å². The van der Waals surface area contributed by atoms with E-state index >= 15 is 0 Å². The summed E-state index contributed by atoms with van der Waals surface area (Å²) in [7, 11) is 0. The monoisotopic (exact) mass is 768 g/mol. The maximum atomic E-state index is 6.29. The van der Waals surface area contributed by atoms with Crippen LogP contribution in [0.2, 0.25) is 0 Å². The second-order valence-electron chi connectivity index (χ2n) is 20.0. The van der Waals surface area contributed by atoms with Crippen molar-refractivity contribution in [2.45, 2.75) is 85.5 Å². The largest absolute Gasteiger partial charge is 0.456 e. The molecule has 7 aromatic carbocycles. The van der Waals surface area contributed by atoms with Gasteiger partial charge in [-0.05, 0) is 134 Å². The highest BCUT2D eigenvalue weighted by Gasteiger charge is 2.44. The van der Waals surface area contributed by atoms with Gasteiger partial charge in [-0.2, -0.15) is 0 Å². The van der Waals surface area contributed by atoms with E-state index in [0.717, 1.165) is 27.6 Å². The lowest BCUT2D eigenvalue weighted by atomic mass is 9.33. The Morgan fingerprint density at radius 2 is 0.949 bits per heavy atom. The van der Waals surface area contributed by atoms with Crippen LogP contribution in [0, 0.1) is 6.92 Å². The van der Waals surface area contributed by atoms with Crippen molar-refractivity contribution in [3.05, 3.63) is 162 Å². The predicted molar refractivity (Wildman–Crippen MR) is 254 cm³/mol. The van der Waals surface area contributed by atoms with Gasteiger partial charge >= 0.3 is 0 Å². The summed E-state index contributed by atoms with van der Waals surface area (Å²) in [6.07, 6.45) is 0. The molecule has 0 saturated heterocycles. The summed E-state index contributed by atoms with van der Waals surface area (Å²) in [5.74, 6) is 0. The first-order valence-corrected chi connectivity index (χ1v) is 21.2. The van der Waals surface area contributed by atoms with E-state index in [2.05, 4.69) is 212 Å². The Kier molecular flexibility index (Phi) is 8.22. The highest BCUT2D eigenvalue weighted by molar-refractivity contribution is 7.00.